The van der Waals surface area contributed by atoms with Gasteiger partial charge in [0.15, 0.2) is 5.82 Å². The van der Waals surface area contributed by atoms with Crippen LogP contribution in [-0.4, -0.2) is 54.7 Å². The maximum atomic E-state index is 9.12. The topological polar surface area (TPSA) is 82.9 Å². The first-order valence-corrected chi connectivity index (χ1v) is 8.33. The average molecular weight is 318 g/mol. The van der Waals surface area contributed by atoms with E-state index >= 15 is 0 Å². The molecular weight excluding hydrogens is 292 g/mol. The first-order chi connectivity index (χ1) is 11.1. The molecule has 3 rings (SSSR count). The third kappa shape index (κ3) is 3.45. The van der Waals surface area contributed by atoms with Crippen molar-refractivity contribution in [2.45, 2.75) is 52.6 Å². The van der Waals surface area contributed by atoms with Crippen LogP contribution in [0.2, 0.25) is 0 Å². The molecule has 2 N–H and O–H groups in total. The fourth-order valence-electron chi connectivity index (χ4n) is 3.39. The smallest absolute Gasteiger partial charge is 0.153 e. The Balaban J connectivity index is 1.61. The lowest BCUT2D eigenvalue weighted by atomic mass is 9.95. The fourth-order valence-corrected chi connectivity index (χ4v) is 3.39. The lowest BCUT2D eigenvalue weighted by molar-refractivity contribution is 0.201. The van der Waals surface area contributed by atoms with Crippen LogP contribution < -0.4 is 0 Å². The van der Waals surface area contributed by atoms with Crippen LogP contribution in [0.3, 0.4) is 0 Å². The van der Waals surface area contributed by atoms with E-state index in [2.05, 4.69) is 39.0 Å². The average Bonchev–Trinajstić information content (AvgIpc) is 3.08. The molecule has 0 aromatic carbocycles. The molecule has 3 heterocycles. The van der Waals surface area contributed by atoms with E-state index in [1.165, 1.54) is 11.3 Å². The number of hydrogen-bond donors (Lipinski definition) is 2. The first kappa shape index (κ1) is 16.1. The molecule has 7 nitrogen and oxygen atoms in total. The van der Waals surface area contributed by atoms with E-state index in [0.29, 0.717) is 12.5 Å². The highest BCUT2D eigenvalue weighted by molar-refractivity contribution is 5.24. The summed E-state index contributed by atoms with van der Waals surface area (Å²) in [6.45, 7) is 9.84. The molecule has 126 valence electrons. The summed E-state index contributed by atoms with van der Waals surface area (Å²) >= 11 is 0. The number of likely N-dealkylation sites (tertiary alicyclic amines) is 1. The number of nitrogens with one attached hydrogen (secondary N) is 1. The van der Waals surface area contributed by atoms with Gasteiger partial charge in [-0.2, -0.15) is 10.2 Å². The third-order valence-corrected chi connectivity index (χ3v) is 4.79. The minimum absolute atomic E-state index is 0.128. The van der Waals surface area contributed by atoms with Crippen LogP contribution in [0.1, 0.15) is 47.4 Å². The Hall–Kier alpha value is -1.73. The van der Waals surface area contributed by atoms with E-state index in [1.54, 1.807) is 0 Å². The molecule has 0 saturated carbocycles. The first-order valence-electron chi connectivity index (χ1n) is 8.33. The summed E-state index contributed by atoms with van der Waals surface area (Å²) in [4.78, 5) is 6.96. The van der Waals surface area contributed by atoms with E-state index in [1.807, 2.05) is 11.6 Å². The Kier molecular flexibility index (Phi) is 4.77. The van der Waals surface area contributed by atoms with E-state index in [-0.39, 0.29) is 6.61 Å². The van der Waals surface area contributed by atoms with Crippen molar-refractivity contribution in [3.05, 3.63) is 28.6 Å². The second kappa shape index (κ2) is 6.80. The predicted molar refractivity (Wildman–Crippen MR) is 87.2 cm³/mol. The molecular formula is C16H26N6O. The fraction of sp³-hybridized carbons (Fsp3) is 0.688. The molecule has 2 aromatic heterocycles. The third-order valence-electron chi connectivity index (χ3n) is 4.79. The summed E-state index contributed by atoms with van der Waals surface area (Å²) in [5, 5.41) is 20.9. The number of aliphatic hydroxyl groups is 1. The number of rotatable bonds is 5. The number of aromatic nitrogens is 5. The van der Waals surface area contributed by atoms with Crippen LogP contribution in [0, 0.1) is 20.8 Å². The van der Waals surface area contributed by atoms with Gasteiger partial charge >= 0.3 is 0 Å². The van der Waals surface area contributed by atoms with E-state index in [0.717, 1.165) is 49.8 Å². The lowest BCUT2D eigenvalue weighted by Gasteiger charge is -2.30. The second-order valence-corrected chi connectivity index (χ2v) is 6.43. The number of nitrogens with zero attached hydrogens (tertiary/aromatic N) is 5. The molecule has 1 aliphatic heterocycles. The van der Waals surface area contributed by atoms with Crippen molar-refractivity contribution >= 4 is 0 Å². The highest BCUT2D eigenvalue weighted by Gasteiger charge is 2.24. The lowest BCUT2D eigenvalue weighted by Crippen LogP contribution is -2.33. The van der Waals surface area contributed by atoms with Gasteiger partial charge in [-0.3, -0.25) is 14.7 Å². The van der Waals surface area contributed by atoms with Crippen molar-refractivity contribution in [3.8, 4) is 0 Å². The molecule has 0 unspecified atom stereocenters. The standard InChI is InChI=1S/C16H26N6O/c1-11-15(12(2)22(20-11)8-9-23)10-21-6-4-14(5-7-21)16-17-13(3)18-19-16/h14,23H,4-10H2,1-3H3,(H,17,18,19). The molecule has 1 fully saturated rings. The Morgan fingerprint density at radius 3 is 2.57 bits per heavy atom. The Morgan fingerprint density at radius 1 is 1.22 bits per heavy atom. The summed E-state index contributed by atoms with van der Waals surface area (Å²) in [5.74, 6) is 2.32. The molecule has 1 saturated heterocycles. The number of H-pyrrole nitrogens is 1. The number of aryl methyl sites for hydroxylation is 2. The second-order valence-electron chi connectivity index (χ2n) is 6.43. The van der Waals surface area contributed by atoms with E-state index in [4.69, 9.17) is 5.11 Å². The van der Waals surface area contributed by atoms with Crippen molar-refractivity contribution in [2.75, 3.05) is 19.7 Å². The van der Waals surface area contributed by atoms with Gasteiger partial charge in [0.2, 0.25) is 0 Å². The van der Waals surface area contributed by atoms with Gasteiger partial charge in [0.25, 0.3) is 0 Å². The van der Waals surface area contributed by atoms with E-state index < -0.39 is 0 Å². The van der Waals surface area contributed by atoms with Gasteiger partial charge in [0.05, 0.1) is 18.8 Å². The maximum absolute atomic E-state index is 9.12. The molecule has 0 bridgehead atoms. The molecule has 7 heteroatoms. The Bertz CT molecular complexity index is 654. The summed E-state index contributed by atoms with van der Waals surface area (Å²) in [6, 6.07) is 0. The van der Waals surface area contributed by atoms with Crippen molar-refractivity contribution < 1.29 is 5.11 Å². The summed E-state index contributed by atoms with van der Waals surface area (Å²) in [7, 11) is 0. The molecule has 1 aliphatic rings. The minimum Gasteiger partial charge on any atom is -0.394 e. The van der Waals surface area contributed by atoms with Crippen molar-refractivity contribution in [1.29, 1.82) is 0 Å². The number of aromatic amines is 1. The van der Waals surface area contributed by atoms with Gasteiger partial charge in [0.1, 0.15) is 5.82 Å². The van der Waals surface area contributed by atoms with Crippen LogP contribution in [0.25, 0.3) is 0 Å². The van der Waals surface area contributed by atoms with Crippen molar-refractivity contribution in [2.24, 2.45) is 0 Å². The molecule has 0 spiro atoms. The van der Waals surface area contributed by atoms with Gasteiger partial charge in [0, 0.05) is 23.7 Å². The number of hydrogen-bond acceptors (Lipinski definition) is 5. The van der Waals surface area contributed by atoms with E-state index in [9.17, 15) is 0 Å². The van der Waals surface area contributed by atoms with Gasteiger partial charge in [-0.1, -0.05) is 0 Å². The zero-order valence-corrected chi connectivity index (χ0v) is 14.2. The summed E-state index contributed by atoms with van der Waals surface area (Å²) in [6.07, 6.45) is 2.19. The number of piperidine rings is 1. The van der Waals surface area contributed by atoms with Crippen molar-refractivity contribution in [1.82, 2.24) is 29.9 Å². The largest absolute Gasteiger partial charge is 0.394 e. The minimum atomic E-state index is 0.128. The van der Waals surface area contributed by atoms with Crippen LogP contribution >= 0.6 is 0 Å². The van der Waals surface area contributed by atoms with Crippen LogP contribution in [0.5, 0.6) is 0 Å². The molecule has 0 amide bonds. The highest BCUT2D eigenvalue weighted by atomic mass is 16.3. The van der Waals surface area contributed by atoms with Gasteiger partial charge in [-0.15, -0.1) is 0 Å². The Morgan fingerprint density at radius 2 is 1.96 bits per heavy atom. The molecule has 23 heavy (non-hydrogen) atoms. The van der Waals surface area contributed by atoms with Crippen molar-refractivity contribution in [3.63, 3.8) is 0 Å². The predicted octanol–water partition coefficient (Wildman–Crippen LogP) is 1.30. The SMILES string of the molecule is Cc1nc(C2CCN(Cc3c(C)nn(CCO)c3C)CC2)n[nH]1. The van der Waals surface area contributed by atoms with Gasteiger partial charge in [-0.05, 0) is 46.7 Å². The maximum Gasteiger partial charge on any atom is 0.153 e. The molecule has 0 radical (unpaired) electrons. The Labute approximate surface area is 136 Å². The van der Waals surface area contributed by atoms with Gasteiger partial charge in [-0.25, -0.2) is 4.98 Å². The summed E-state index contributed by atoms with van der Waals surface area (Å²) < 4.78 is 1.91. The monoisotopic (exact) mass is 318 g/mol. The van der Waals surface area contributed by atoms with Crippen LogP contribution in [0.15, 0.2) is 0 Å². The molecule has 2 aromatic rings. The quantitative estimate of drug-likeness (QED) is 0.868. The normalized spacial score (nSPS) is 17.0. The van der Waals surface area contributed by atoms with Crippen LogP contribution in [0.4, 0.5) is 0 Å². The molecule has 0 atom stereocenters. The zero-order valence-electron chi connectivity index (χ0n) is 14.2. The van der Waals surface area contributed by atoms with Crippen LogP contribution in [-0.2, 0) is 13.1 Å². The zero-order chi connectivity index (χ0) is 16.4. The summed E-state index contributed by atoms with van der Waals surface area (Å²) in [5.41, 5.74) is 3.54. The highest BCUT2D eigenvalue weighted by Crippen LogP contribution is 2.27. The molecule has 0 aliphatic carbocycles. The number of aliphatic hydroxyl groups excluding tert-OH is 1. The van der Waals surface area contributed by atoms with Gasteiger partial charge < -0.3 is 5.11 Å².